The lowest BCUT2D eigenvalue weighted by Gasteiger charge is -2.11. The van der Waals surface area contributed by atoms with Crippen LogP contribution in [-0.4, -0.2) is 10.1 Å². The summed E-state index contributed by atoms with van der Waals surface area (Å²) in [7, 11) is 0. The van der Waals surface area contributed by atoms with Crippen LogP contribution in [0.1, 0.15) is 36.7 Å². The molecule has 6 heteroatoms. The number of aromatic nitrogens is 2. The summed E-state index contributed by atoms with van der Waals surface area (Å²) < 4.78 is 9.97. The van der Waals surface area contributed by atoms with Crippen molar-refractivity contribution in [1.82, 2.24) is 15.5 Å². The van der Waals surface area contributed by atoms with E-state index in [2.05, 4.69) is 22.4 Å². The van der Waals surface area contributed by atoms with E-state index in [9.17, 15) is 0 Å². The maximum atomic E-state index is 5.00. The molecule has 0 amide bonds. The first-order chi connectivity index (χ1) is 7.79. The van der Waals surface area contributed by atoms with Crippen LogP contribution in [0.2, 0.25) is 0 Å². The Balaban J connectivity index is 0.00000144. The van der Waals surface area contributed by atoms with Crippen LogP contribution in [0.5, 0.6) is 0 Å². The molecule has 1 N–H and O–H groups in total. The highest BCUT2D eigenvalue weighted by atomic mass is 35.5. The van der Waals surface area contributed by atoms with Gasteiger partial charge in [-0.25, -0.2) is 0 Å². The lowest BCUT2D eigenvalue weighted by atomic mass is 10.2. The van der Waals surface area contributed by atoms with E-state index in [1.54, 1.807) is 19.5 Å². The quantitative estimate of drug-likeness (QED) is 0.892. The third-order valence-electron chi connectivity index (χ3n) is 2.40. The van der Waals surface area contributed by atoms with Crippen LogP contribution >= 0.6 is 12.4 Å². The van der Waals surface area contributed by atoms with Crippen LogP contribution in [0.25, 0.3) is 0 Å². The summed E-state index contributed by atoms with van der Waals surface area (Å²) in [6.07, 6.45) is 4.30. The van der Waals surface area contributed by atoms with Crippen molar-refractivity contribution in [2.24, 2.45) is 0 Å². The average molecular weight is 258 g/mol. The van der Waals surface area contributed by atoms with Crippen molar-refractivity contribution in [3.63, 3.8) is 0 Å². The Kier molecular flexibility index (Phi) is 5.18. The zero-order valence-corrected chi connectivity index (χ0v) is 10.7. The van der Waals surface area contributed by atoms with Gasteiger partial charge in [-0.2, -0.15) is 4.98 Å². The van der Waals surface area contributed by atoms with Gasteiger partial charge in [-0.1, -0.05) is 12.1 Å². The molecule has 0 radical (unpaired) electrons. The first-order valence-corrected chi connectivity index (χ1v) is 5.34. The Hall–Kier alpha value is -1.33. The average Bonchev–Trinajstić information content (AvgIpc) is 2.91. The SMILES string of the molecule is CCC(NCc1ccoc1)c1noc(C)n1.Cl. The van der Waals surface area contributed by atoms with Gasteiger partial charge >= 0.3 is 0 Å². The number of furan rings is 1. The van der Waals surface area contributed by atoms with Gasteiger partial charge in [0.25, 0.3) is 0 Å². The fourth-order valence-electron chi connectivity index (χ4n) is 1.51. The fraction of sp³-hybridized carbons (Fsp3) is 0.455. The van der Waals surface area contributed by atoms with Crippen LogP contribution in [0.4, 0.5) is 0 Å². The molecule has 1 atom stereocenters. The van der Waals surface area contributed by atoms with E-state index in [0.717, 1.165) is 18.5 Å². The minimum Gasteiger partial charge on any atom is -0.472 e. The van der Waals surface area contributed by atoms with Gasteiger partial charge in [0.2, 0.25) is 5.89 Å². The molecule has 17 heavy (non-hydrogen) atoms. The smallest absolute Gasteiger partial charge is 0.223 e. The summed E-state index contributed by atoms with van der Waals surface area (Å²) in [5.74, 6) is 1.31. The van der Waals surface area contributed by atoms with Crippen molar-refractivity contribution >= 4 is 12.4 Å². The van der Waals surface area contributed by atoms with Gasteiger partial charge in [-0.15, -0.1) is 12.4 Å². The van der Waals surface area contributed by atoms with E-state index in [4.69, 9.17) is 8.94 Å². The van der Waals surface area contributed by atoms with Crippen LogP contribution in [0.15, 0.2) is 27.5 Å². The van der Waals surface area contributed by atoms with E-state index < -0.39 is 0 Å². The van der Waals surface area contributed by atoms with Gasteiger partial charge in [0.15, 0.2) is 5.82 Å². The lowest BCUT2D eigenvalue weighted by Crippen LogP contribution is -2.21. The molecule has 0 saturated heterocycles. The number of rotatable bonds is 5. The van der Waals surface area contributed by atoms with Crippen LogP contribution in [-0.2, 0) is 6.54 Å². The number of hydrogen-bond acceptors (Lipinski definition) is 5. The Bertz CT molecular complexity index is 428. The zero-order valence-electron chi connectivity index (χ0n) is 9.84. The molecule has 0 bridgehead atoms. The Morgan fingerprint density at radius 3 is 2.82 bits per heavy atom. The predicted molar refractivity (Wildman–Crippen MR) is 64.9 cm³/mol. The molecular weight excluding hydrogens is 242 g/mol. The molecule has 5 nitrogen and oxygen atoms in total. The van der Waals surface area contributed by atoms with Crippen LogP contribution in [0, 0.1) is 6.92 Å². The number of hydrogen-bond donors (Lipinski definition) is 1. The van der Waals surface area contributed by atoms with E-state index in [1.807, 2.05) is 6.07 Å². The second kappa shape index (κ2) is 6.42. The number of nitrogens with zero attached hydrogens (tertiary/aromatic N) is 2. The summed E-state index contributed by atoms with van der Waals surface area (Å²) in [6, 6.07) is 2.05. The minimum atomic E-state index is 0. The van der Waals surface area contributed by atoms with Crippen molar-refractivity contribution in [2.75, 3.05) is 0 Å². The molecule has 0 saturated carbocycles. The molecule has 0 fully saturated rings. The van der Waals surface area contributed by atoms with E-state index in [1.165, 1.54) is 0 Å². The summed E-state index contributed by atoms with van der Waals surface area (Å²) in [5, 5.41) is 7.27. The van der Waals surface area contributed by atoms with Gasteiger partial charge in [-0.05, 0) is 12.5 Å². The zero-order chi connectivity index (χ0) is 11.4. The fourth-order valence-corrected chi connectivity index (χ4v) is 1.51. The van der Waals surface area contributed by atoms with Crippen molar-refractivity contribution in [1.29, 1.82) is 0 Å². The first-order valence-electron chi connectivity index (χ1n) is 5.34. The van der Waals surface area contributed by atoms with E-state index in [-0.39, 0.29) is 18.4 Å². The molecular formula is C11H16ClN3O2. The second-order valence-corrected chi connectivity index (χ2v) is 3.64. The number of nitrogens with one attached hydrogen (secondary N) is 1. The van der Waals surface area contributed by atoms with E-state index >= 15 is 0 Å². The van der Waals surface area contributed by atoms with Crippen molar-refractivity contribution < 1.29 is 8.94 Å². The monoisotopic (exact) mass is 257 g/mol. The molecule has 0 spiro atoms. The van der Waals surface area contributed by atoms with Gasteiger partial charge in [0, 0.05) is 19.0 Å². The minimum absolute atomic E-state index is 0. The number of aryl methyl sites for hydroxylation is 1. The van der Waals surface area contributed by atoms with Crippen molar-refractivity contribution in [3.05, 3.63) is 35.9 Å². The predicted octanol–water partition coefficient (Wildman–Crippen LogP) is 2.63. The third kappa shape index (κ3) is 3.57. The second-order valence-electron chi connectivity index (χ2n) is 3.64. The Labute approximate surface area is 106 Å². The Morgan fingerprint density at radius 2 is 2.29 bits per heavy atom. The first kappa shape index (κ1) is 13.7. The molecule has 0 aliphatic rings. The summed E-state index contributed by atoms with van der Waals surface area (Å²) in [6.45, 7) is 4.61. The normalized spacial score (nSPS) is 12.1. The molecule has 0 aliphatic heterocycles. The van der Waals surface area contributed by atoms with Crippen molar-refractivity contribution in [2.45, 2.75) is 32.9 Å². The van der Waals surface area contributed by atoms with Gasteiger partial charge in [0.1, 0.15) is 0 Å². The maximum absolute atomic E-state index is 5.00. The molecule has 2 aromatic heterocycles. The highest BCUT2D eigenvalue weighted by Crippen LogP contribution is 2.13. The molecule has 1 unspecified atom stereocenters. The summed E-state index contributed by atoms with van der Waals surface area (Å²) in [5.41, 5.74) is 1.11. The Morgan fingerprint density at radius 1 is 1.47 bits per heavy atom. The van der Waals surface area contributed by atoms with Gasteiger partial charge in [-0.3, -0.25) is 0 Å². The summed E-state index contributed by atoms with van der Waals surface area (Å²) in [4.78, 5) is 4.22. The van der Waals surface area contributed by atoms with Crippen LogP contribution in [0.3, 0.4) is 0 Å². The molecule has 0 aromatic carbocycles. The van der Waals surface area contributed by atoms with Crippen LogP contribution < -0.4 is 5.32 Å². The molecule has 2 heterocycles. The van der Waals surface area contributed by atoms with Crippen molar-refractivity contribution in [3.8, 4) is 0 Å². The third-order valence-corrected chi connectivity index (χ3v) is 2.40. The maximum Gasteiger partial charge on any atom is 0.223 e. The highest BCUT2D eigenvalue weighted by Gasteiger charge is 2.14. The largest absolute Gasteiger partial charge is 0.472 e. The topological polar surface area (TPSA) is 64.1 Å². The summed E-state index contributed by atoms with van der Waals surface area (Å²) >= 11 is 0. The highest BCUT2D eigenvalue weighted by molar-refractivity contribution is 5.85. The molecule has 2 rings (SSSR count). The molecule has 0 aliphatic carbocycles. The molecule has 2 aromatic rings. The number of halogens is 1. The van der Waals surface area contributed by atoms with E-state index in [0.29, 0.717) is 11.7 Å². The molecule has 94 valence electrons. The standard InChI is InChI=1S/C11H15N3O2.ClH/c1-3-10(11-13-8(2)16-14-11)12-6-9-4-5-15-7-9;/h4-5,7,10,12H,3,6H2,1-2H3;1H. The van der Waals surface area contributed by atoms with Gasteiger partial charge < -0.3 is 14.3 Å². The lowest BCUT2D eigenvalue weighted by molar-refractivity contribution is 0.374. The van der Waals surface area contributed by atoms with Gasteiger partial charge in [0.05, 0.1) is 18.6 Å².